The highest BCUT2D eigenvalue weighted by atomic mass is 16.4. The number of piperazine rings is 1. The molecule has 1 aliphatic rings. The number of amides is 1. The largest absolute Gasteiger partial charge is 0.465 e. The van der Waals surface area contributed by atoms with Gasteiger partial charge in [0.25, 0.3) is 0 Å². The standard InChI is InChI=1S/C8H14N6O3/c1-12-7(9-10-11-12)14-3-2-13(8(16)17)4-6(14)5-15/h6,15H,2-5H2,1H3,(H,16,17). The van der Waals surface area contributed by atoms with Gasteiger partial charge < -0.3 is 20.0 Å². The Balaban J connectivity index is 2.15. The van der Waals surface area contributed by atoms with Crippen LogP contribution in [0.5, 0.6) is 0 Å². The van der Waals surface area contributed by atoms with Crippen LogP contribution in [0.4, 0.5) is 10.7 Å². The number of nitrogens with zero attached hydrogens (tertiary/aromatic N) is 6. The van der Waals surface area contributed by atoms with Gasteiger partial charge in [-0.15, -0.1) is 0 Å². The lowest BCUT2D eigenvalue weighted by Gasteiger charge is -2.39. The lowest BCUT2D eigenvalue weighted by molar-refractivity contribution is 0.123. The van der Waals surface area contributed by atoms with Crippen molar-refractivity contribution < 1.29 is 15.0 Å². The summed E-state index contributed by atoms with van der Waals surface area (Å²) < 4.78 is 1.50. The van der Waals surface area contributed by atoms with Crippen LogP contribution in [0.25, 0.3) is 0 Å². The second-order valence-corrected chi connectivity index (χ2v) is 3.86. The molecule has 0 radical (unpaired) electrons. The summed E-state index contributed by atoms with van der Waals surface area (Å²) in [4.78, 5) is 14.0. The number of hydrogen-bond donors (Lipinski definition) is 2. The molecular weight excluding hydrogens is 228 g/mol. The van der Waals surface area contributed by atoms with Gasteiger partial charge >= 0.3 is 6.09 Å². The van der Waals surface area contributed by atoms with E-state index in [1.807, 2.05) is 4.90 Å². The van der Waals surface area contributed by atoms with Crippen LogP contribution in [-0.2, 0) is 7.05 Å². The van der Waals surface area contributed by atoms with Gasteiger partial charge in [0, 0.05) is 26.7 Å². The van der Waals surface area contributed by atoms with E-state index in [-0.39, 0.29) is 19.2 Å². The summed E-state index contributed by atoms with van der Waals surface area (Å²) in [5.74, 6) is 0.536. The van der Waals surface area contributed by atoms with Crippen LogP contribution in [0.1, 0.15) is 0 Å². The van der Waals surface area contributed by atoms with Gasteiger partial charge in [-0.3, -0.25) is 0 Å². The van der Waals surface area contributed by atoms with Crippen molar-refractivity contribution in [3.63, 3.8) is 0 Å². The summed E-state index contributed by atoms with van der Waals surface area (Å²) in [7, 11) is 1.70. The fourth-order valence-corrected chi connectivity index (χ4v) is 1.92. The van der Waals surface area contributed by atoms with Crippen molar-refractivity contribution >= 4 is 12.0 Å². The predicted molar refractivity (Wildman–Crippen MR) is 56.6 cm³/mol. The van der Waals surface area contributed by atoms with Gasteiger partial charge in [-0.1, -0.05) is 5.10 Å². The fraction of sp³-hybridized carbons (Fsp3) is 0.750. The Hall–Kier alpha value is -1.90. The molecular formula is C8H14N6O3. The molecule has 1 atom stereocenters. The number of hydrogen-bond acceptors (Lipinski definition) is 6. The van der Waals surface area contributed by atoms with Gasteiger partial charge in [-0.25, -0.2) is 9.48 Å². The van der Waals surface area contributed by atoms with E-state index in [0.717, 1.165) is 0 Å². The summed E-state index contributed by atoms with van der Waals surface area (Å²) in [5.41, 5.74) is 0. The Kier molecular flexibility index (Phi) is 3.09. The van der Waals surface area contributed by atoms with Gasteiger partial charge in [-0.05, 0) is 10.4 Å². The molecule has 0 saturated carbocycles. The third-order valence-electron chi connectivity index (χ3n) is 2.82. The average molecular weight is 242 g/mol. The molecule has 9 heteroatoms. The van der Waals surface area contributed by atoms with Crippen molar-refractivity contribution in [2.75, 3.05) is 31.1 Å². The van der Waals surface area contributed by atoms with Gasteiger partial charge in [0.15, 0.2) is 0 Å². The van der Waals surface area contributed by atoms with Crippen molar-refractivity contribution in [3.05, 3.63) is 0 Å². The Bertz CT molecular complexity index is 408. The monoisotopic (exact) mass is 242 g/mol. The molecule has 2 heterocycles. The first kappa shape index (κ1) is 11.6. The molecule has 0 aromatic carbocycles. The van der Waals surface area contributed by atoms with E-state index in [9.17, 15) is 9.90 Å². The molecule has 17 heavy (non-hydrogen) atoms. The minimum Gasteiger partial charge on any atom is -0.465 e. The van der Waals surface area contributed by atoms with Gasteiger partial charge in [0.2, 0.25) is 5.95 Å². The molecule has 2 N–H and O–H groups in total. The molecule has 1 fully saturated rings. The average Bonchev–Trinajstić information content (AvgIpc) is 2.74. The molecule has 1 unspecified atom stereocenters. The Morgan fingerprint density at radius 2 is 2.29 bits per heavy atom. The normalized spacial score (nSPS) is 20.7. The quantitative estimate of drug-likeness (QED) is 0.641. The van der Waals surface area contributed by atoms with E-state index in [2.05, 4.69) is 15.5 Å². The number of carboxylic acid groups (broad SMARTS) is 1. The summed E-state index contributed by atoms with van der Waals surface area (Å²) >= 11 is 0. The summed E-state index contributed by atoms with van der Waals surface area (Å²) in [6.45, 7) is 0.944. The maximum Gasteiger partial charge on any atom is 0.407 e. The molecule has 9 nitrogen and oxygen atoms in total. The first-order valence-corrected chi connectivity index (χ1v) is 5.21. The van der Waals surface area contributed by atoms with Gasteiger partial charge in [0.05, 0.1) is 12.6 Å². The number of aryl methyl sites for hydroxylation is 1. The number of anilines is 1. The highest BCUT2D eigenvalue weighted by Gasteiger charge is 2.31. The molecule has 1 saturated heterocycles. The van der Waals surface area contributed by atoms with Crippen molar-refractivity contribution in [2.45, 2.75) is 6.04 Å². The molecule has 94 valence electrons. The molecule has 0 spiro atoms. The van der Waals surface area contributed by atoms with Crippen molar-refractivity contribution in [2.24, 2.45) is 7.05 Å². The Morgan fingerprint density at radius 1 is 1.53 bits per heavy atom. The van der Waals surface area contributed by atoms with Gasteiger partial charge in [-0.2, -0.15) is 0 Å². The van der Waals surface area contributed by atoms with Crippen LogP contribution in [0.3, 0.4) is 0 Å². The van der Waals surface area contributed by atoms with Crippen molar-refractivity contribution in [3.8, 4) is 0 Å². The fourth-order valence-electron chi connectivity index (χ4n) is 1.92. The van der Waals surface area contributed by atoms with E-state index in [1.165, 1.54) is 9.58 Å². The van der Waals surface area contributed by atoms with Crippen LogP contribution in [-0.4, -0.2) is 73.7 Å². The Labute approximate surface area is 97.2 Å². The minimum absolute atomic E-state index is 0.142. The zero-order valence-corrected chi connectivity index (χ0v) is 9.39. The highest BCUT2D eigenvalue weighted by molar-refractivity contribution is 5.65. The van der Waals surface area contributed by atoms with Crippen LogP contribution in [0.2, 0.25) is 0 Å². The molecule has 0 aliphatic carbocycles. The molecule has 0 bridgehead atoms. The number of aromatic nitrogens is 4. The third kappa shape index (κ3) is 2.13. The van der Waals surface area contributed by atoms with Gasteiger partial charge in [0.1, 0.15) is 0 Å². The van der Waals surface area contributed by atoms with Crippen LogP contribution >= 0.6 is 0 Å². The van der Waals surface area contributed by atoms with E-state index >= 15 is 0 Å². The zero-order valence-electron chi connectivity index (χ0n) is 9.39. The highest BCUT2D eigenvalue weighted by Crippen LogP contribution is 2.16. The SMILES string of the molecule is Cn1nnnc1N1CCN(C(=O)O)CC1CO. The summed E-state index contributed by atoms with van der Waals surface area (Å²) in [6.07, 6.45) is -0.973. The first-order chi connectivity index (χ1) is 8.13. The van der Waals surface area contributed by atoms with Crippen molar-refractivity contribution in [1.29, 1.82) is 0 Å². The minimum atomic E-state index is -0.973. The topological polar surface area (TPSA) is 108 Å². The summed E-state index contributed by atoms with van der Waals surface area (Å²) in [6, 6.07) is -0.315. The van der Waals surface area contributed by atoms with E-state index in [0.29, 0.717) is 19.0 Å². The van der Waals surface area contributed by atoms with E-state index < -0.39 is 6.09 Å². The molecule has 1 aliphatic heterocycles. The Morgan fingerprint density at radius 3 is 2.82 bits per heavy atom. The second-order valence-electron chi connectivity index (χ2n) is 3.86. The maximum absolute atomic E-state index is 10.9. The van der Waals surface area contributed by atoms with E-state index in [4.69, 9.17) is 5.11 Å². The first-order valence-electron chi connectivity index (χ1n) is 5.21. The number of tetrazole rings is 1. The van der Waals surface area contributed by atoms with Crippen LogP contribution in [0, 0.1) is 0 Å². The van der Waals surface area contributed by atoms with Crippen molar-refractivity contribution in [1.82, 2.24) is 25.1 Å². The van der Waals surface area contributed by atoms with Crippen LogP contribution < -0.4 is 4.90 Å². The third-order valence-corrected chi connectivity index (χ3v) is 2.82. The molecule has 1 aromatic heterocycles. The number of aliphatic hydroxyl groups is 1. The number of rotatable bonds is 2. The summed E-state index contributed by atoms with van der Waals surface area (Å²) in [5, 5.41) is 29.3. The zero-order chi connectivity index (χ0) is 12.4. The number of carbonyl (C=O) groups is 1. The lowest BCUT2D eigenvalue weighted by atomic mass is 10.2. The molecule has 2 rings (SSSR count). The molecule has 1 amide bonds. The van der Waals surface area contributed by atoms with E-state index in [1.54, 1.807) is 7.05 Å². The number of aliphatic hydroxyl groups excluding tert-OH is 1. The predicted octanol–water partition coefficient (Wildman–Crippen LogP) is -1.63. The lowest BCUT2D eigenvalue weighted by Crippen LogP contribution is -2.56. The smallest absolute Gasteiger partial charge is 0.407 e. The van der Waals surface area contributed by atoms with Crippen LogP contribution in [0.15, 0.2) is 0 Å². The maximum atomic E-state index is 10.9. The molecule has 1 aromatic rings. The second kappa shape index (κ2) is 4.53.